The lowest BCUT2D eigenvalue weighted by atomic mass is 10.0. The molecule has 2 aromatic carbocycles. The maximum absolute atomic E-state index is 14.8. The van der Waals surface area contributed by atoms with E-state index in [1.165, 1.54) is 40.4 Å². The second-order valence-electron chi connectivity index (χ2n) is 7.53. The molecule has 40 heavy (non-hydrogen) atoms. The molecule has 0 fully saturated rings. The number of anilines is 2. The van der Waals surface area contributed by atoms with E-state index in [2.05, 4.69) is 33.5 Å². The van der Waals surface area contributed by atoms with Crippen LogP contribution in [0.4, 0.5) is 15.8 Å². The van der Waals surface area contributed by atoms with Crippen molar-refractivity contribution in [3.05, 3.63) is 105 Å². The number of carbonyl (C=O) groups is 1. The van der Waals surface area contributed by atoms with Crippen molar-refractivity contribution in [3.63, 3.8) is 0 Å². The number of aromatic nitrogens is 2. The van der Waals surface area contributed by atoms with E-state index in [1.807, 2.05) is 39.1 Å². The van der Waals surface area contributed by atoms with Gasteiger partial charge in [-0.25, -0.2) is 4.39 Å². The van der Waals surface area contributed by atoms with E-state index >= 15 is 0 Å². The van der Waals surface area contributed by atoms with Crippen LogP contribution in [0.1, 0.15) is 13.8 Å². The van der Waals surface area contributed by atoms with E-state index in [9.17, 15) is 14.0 Å². The van der Waals surface area contributed by atoms with Crippen LogP contribution in [0.5, 0.6) is 0 Å². The highest BCUT2D eigenvalue weighted by Gasteiger charge is 2.15. The van der Waals surface area contributed by atoms with Gasteiger partial charge in [-0.15, -0.1) is 0 Å². The number of thioether (sulfide) groups is 1. The van der Waals surface area contributed by atoms with Gasteiger partial charge in [0.15, 0.2) is 0 Å². The van der Waals surface area contributed by atoms with Gasteiger partial charge in [0, 0.05) is 48.0 Å². The summed E-state index contributed by atoms with van der Waals surface area (Å²) in [6.45, 7) is 11.2. The molecule has 0 saturated heterocycles. The summed E-state index contributed by atoms with van der Waals surface area (Å²) in [6, 6.07) is 13.3. The molecule has 3 N–H and O–H groups in total. The van der Waals surface area contributed by atoms with Crippen LogP contribution in [-0.4, -0.2) is 30.1 Å². The average Bonchev–Trinajstić information content (AvgIpc) is 2.95. The molecule has 2 aromatic heterocycles. The third kappa shape index (κ3) is 8.72. The number of nitrogens with zero attached hydrogens (tertiary/aromatic N) is 2. The van der Waals surface area contributed by atoms with Crippen LogP contribution in [0, 0.1) is 5.82 Å². The number of rotatable bonds is 9. The summed E-state index contributed by atoms with van der Waals surface area (Å²) in [4.78, 5) is 27.8. The van der Waals surface area contributed by atoms with Gasteiger partial charge in [-0.2, -0.15) is 0 Å². The lowest BCUT2D eigenvalue weighted by Crippen LogP contribution is -2.19. The van der Waals surface area contributed by atoms with Crippen molar-refractivity contribution in [2.45, 2.75) is 13.8 Å². The maximum Gasteiger partial charge on any atom is 0.263 e. The third-order valence-corrected chi connectivity index (χ3v) is 6.78. The second-order valence-corrected chi connectivity index (χ2v) is 10.8. The number of carbonyl (C=O) groups excluding carboxylic acids is 1. The highest BCUT2D eigenvalue weighted by molar-refractivity contribution is 8.23. The number of pyridine rings is 2. The molecular weight excluding hydrogens is 569 g/mol. The fourth-order valence-electron chi connectivity index (χ4n) is 3.55. The monoisotopic (exact) mass is 599 g/mol. The van der Waals surface area contributed by atoms with Crippen molar-refractivity contribution in [1.29, 1.82) is 0 Å². The third-order valence-electron chi connectivity index (χ3n) is 5.17. The Bertz CT molecular complexity index is 1530. The zero-order valence-electron chi connectivity index (χ0n) is 22.6. The van der Waals surface area contributed by atoms with Crippen LogP contribution in [0.3, 0.4) is 0 Å². The summed E-state index contributed by atoms with van der Waals surface area (Å²) >= 11 is 8.26. The van der Waals surface area contributed by atoms with E-state index in [0.29, 0.717) is 21.8 Å². The molecule has 0 aliphatic rings. The number of fused-ring (bicyclic) bond motifs is 1. The standard InChI is InChI=1S/C22H17FN4O2.C5H8ClNS2.C2H6/c1-24-15-2-4-17-18(10-15)19(14-6-8-25-9-7-14)12-27(22(17)29)21-5-3-16(26-13-28)11-20(21)23;1-4(6)8-5(2)9-7-3;1-2/h2-13,24H,1H3,(H,26,28);7H,1-2H2,3H3;1-2H3. The second kappa shape index (κ2) is 16.5. The Labute approximate surface area is 247 Å². The summed E-state index contributed by atoms with van der Waals surface area (Å²) < 4.78 is 20.4. The van der Waals surface area contributed by atoms with Gasteiger partial charge in [-0.3, -0.25) is 23.9 Å². The smallest absolute Gasteiger partial charge is 0.263 e. The van der Waals surface area contributed by atoms with Crippen LogP contribution in [0.2, 0.25) is 0 Å². The quantitative estimate of drug-likeness (QED) is 0.135. The van der Waals surface area contributed by atoms with E-state index in [4.69, 9.17) is 11.6 Å². The highest BCUT2D eigenvalue weighted by Crippen LogP contribution is 2.32. The number of halogens is 2. The van der Waals surface area contributed by atoms with Gasteiger partial charge >= 0.3 is 0 Å². The minimum Gasteiger partial charge on any atom is -0.388 e. The SMILES string of the molecule is C=C(Cl)SC(=C)SNC.CC.CNc1ccc2c(=O)n(-c3ccc(NC=O)cc3F)cc(-c3ccncc3)c2c1. The molecule has 0 aliphatic heterocycles. The molecule has 0 atom stereocenters. The normalized spacial score (nSPS) is 9.95. The van der Waals surface area contributed by atoms with Gasteiger partial charge in [-0.05, 0) is 78.5 Å². The van der Waals surface area contributed by atoms with E-state index in [1.54, 1.807) is 43.8 Å². The molecule has 0 unspecified atom stereocenters. The van der Waals surface area contributed by atoms with Gasteiger partial charge < -0.3 is 10.6 Å². The fraction of sp³-hybridized carbons (Fsp3) is 0.138. The molecule has 0 spiro atoms. The van der Waals surface area contributed by atoms with Gasteiger partial charge in [0.1, 0.15) is 5.82 Å². The van der Waals surface area contributed by atoms with Crippen LogP contribution < -0.4 is 20.9 Å². The molecule has 0 bridgehead atoms. The minimum absolute atomic E-state index is 0.0985. The van der Waals surface area contributed by atoms with E-state index in [-0.39, 0.29) is 11.2 Å². The molecule has 210 valence electrons. The number of benzene rings is 2. The van der Waals surface area contributed by atoms with Crippen LogP contribution >= 0.6 is 35.3 Å². The zero-order chi connectivity index (χ0) is 29.7. The fourth-order valence-corrected chi connectivity index (χ4v) is 5.16. The summed E-state index contributed by atoms with van der Waals surface area (Å²) in [5.41, 5.74) is 2.56. The van der Waals surface area contributed by atoms with Crippen molar-refractivity contribution in [1.82, 2.24) is 14.3 Å². The van der Waals surface area contributed by atoms with Crippen molar-refractivity contribution >= 4 is 63.9 Å². The number of amides is 1. The molecule has 7 nitrogen and oxygen atoms in total. The Balaban J connectivity index is 0.000000436. The van der Waals surface area contributed by atoms with Crippen LogP contribution in [0.25, 0.3) is 27.6 Å². The van der Waals surface area contributed by atoms with Crippen molar-refractivity contribution < 1.29 is 9.18 Å². The predicted octanol–water partition coefficient (Wildman–Crippen LogP) is 7.60. The summed E-state index contributed by atoms with van der Waals surface area (Å²) in [5.74, 6) is -0.620. The lowest BCUT2D eigenvalue weighted by molar-refractivity contribution is -0.105. The summed E-state index contributed by atoms with van der Waals surface area (Å²) in [5, 5.41) is 6.69. The maximum atomic E-state index is 14.8. The Morgan fingerprint density at radius 2 is 1.70 bits per heavy atom. The van der Waals surface area contributed by atoms with Gasteiger partial charge in [-0.1, -0.05) is 50.4 Å². The molecule has 1 amide bonds. The van der Waals surface area contributed by atoms with Crippen molar-refractivity contribution in [2.24, 2.45) is 0 Å². The number of hydrogen-bond acceptors (Lipinski definition) is 7. The average molecular weight is 600 g/mol. The van der Waals surface area contributed by atoms with Gasteiger partial charge in [0.25, 0.3) is 5.56 Å². The lowest BCUT2D eigenvalue weighted by Gasteiger charge is -2.15. The Morgan fingerprint density at radius 3 is 2.27 bits per heavy atom. The Kier molecular flexibility index (Phi) is 13.5. The summed E-state index contributed by atoms with van der Waals surface area (Å²) in [7, 11) is 3.63. The largest absolute Gasteiger partial charge is 0.388 e. The first-order valence-electron chi connectivity index (χ1n) is 12.1. The Morgan fingerprint density at radius 1 is 1.02 bits per heavy atom. The zero-order valence-corrected chi connectivity index (χ0v) is 25.0. The number of nitrogens with one attached hydrogen (secondary N) is 3. The topological polar surface area (TPSA) is 88.0 Å². The van der Waals surface area contributed by atoms with Crippen LogP contribution in [-0.2, 0) is 4.79 Å². The van der Waals surface area contributed by atoms with Crippen molar-refractivity contribution in [3.8, 4) is 16.8 Å². The first kappa shape index (κ1) is 32.6. The molecule has 11 heteroatoms. The van der Waals surface area contributed by atoms with Gasteiger partial charge in [0.05, 0.1) is 14.3 Å². The molecule has 0 aliphatic carbocycles. The first-order chi connectivity index (χ1) is 19.3. The molecule has 4 aromatic rings. The summed E-state index contributed by atoms with van der Waals surface area (Å²) in [6.07, 6.45) is 5.43. The number of hydrogen-bond donors (Lipinski definition) is 3. The van der Waals surface area contributed by atoms with E-state index < -0.39 is 5.82 Å². The highest BCUT2D eigenvalue weighted by atomic mass is 35.5. The molecule has 0 saturated carbocycles. The van der Waals surface area contributed by atoms with E-state index in [0.717, 1.165) is 26.4 Å². The molecule has 2 heterocycles. The van der Waals surface area contributed by atoms with Crippen molar-refractivity contribution in [2.75, 3.05) is 24.7 Å². The van der Waals surface area contributed by atoms with Gasteiger partial charge in [0.2, 0.25) is 6.41 Å². The molecule has 0 radical (unpaired) electrons. The Hall–Kier alpha value is -3.57. The molecular formula is C29H31ClFN5O2S2. The molecule has 4 rings (SSSR count). The van der Waals surface area contributed by atoms with Crippen LogP contribution in [0.15, 0.2) is 93.7 Å². The predicted molar refractivity (Wildman–Crippen MR) is 172 cm³/mol. The minimum atomic E-state index is -0.620. The first-order valence-corrected chi connectivity index (χ1v) is 14.1.